The average Bonchev–Trinajstić information content (AvgIpc) is 2.67. The van der Waals surface area contributed by atoms with Gasteiger partial charge in [0.15, 0.2) is 0 Å². The summed E-state index contributed by atoms with van der Waals surface area (Å²) in [6.45, 7) is 3.68. The van der Waals surface area contributed by atoms with Crippen LogP contribution in [0.3, 0.4) is 0 Å². The molecule has 7 nitrogen and oxygen atoms in total. The van der Waals surface area contributed by atoms with E-state index >= 15 is 0 Å². The van der Waals surface area contributed by atoms with Crippen LogP contribution in [0.25, 0.3) is 10.9 Å². The quantitative estimate of drug-likeness (QED) is 0.707. The Morgan fingerprint density at radius 1 is 1.11 bits per heavy atom. The van der Waals surface area contributed by atoms with Crippen molar-refractivity contribution in [1.82, 2.24) is 14.9 Å². The van der Waals surface area contributed by atoms with Crippen LogP contribution in [0.4, 0.5) is 17.5 Å². The zero-order valence-electron chi connectivity index (χ0n) is 15.5. The van der Waals surface area contributed by atoms with Crippen molar-refractivity contribution in [1.29, 1.82) is 0 Å². The molecule has 2 heterocycles. The fourth-order valence-corrected chi connectivity index (χ4v) is 3.49. The highest BCUT2D eigenvalue weighted by Gasteiger charge is 2.19. The Kier molecular flexibility index (Phi) is 5.02. The molecule has 0 aliphatic carbocycles. The van der Waals surface area contributed by atoms with E-state index in [0.29, 0.717) is 21.8 Å². The van der Waals surface area contributed by atoms with Crippen LogP contribution in [0.5, 0.6) is 0 Å². The second-order valence-corrected chi connectivity index (χ2v) is 7.33. The minimum atomic E-state index is -0.234. The number of likely N-dealkylation sites (N-methyl/N-ethyl adjacent to an activating group) is 1. The van der Waals surface area contributed by atoms with Crippen LogP contribution in [0.15, 0.2) is 42.5 Å². The topological polar surface area (TPSA) is 87.4 Å². The van der Waals surface area contributed by atoms with E-state index < -0.39 is 0 Å². The Bertz CT molecular complexity index is 1030. The number of nitrogens with one attached hydrogen (secondary N) is 1. The molecule has 1 aliphatic rings. The number of halogens is 1. The van der Waals surface area contributed by atoms with E-state index in [2.05, 4.69) is 32.1 Å². The number of fused-ring (bicyclic) bond motifs is 1. The Morgan fingerprint density at radius 2 is 1.89 bits per heavy atom. The highest BCUT2D eigenvalue weighted by molar-refractivity contribution is 6.31. The van der Waals surface area contributed by atoms with E-state index in [1.54, 1.807) is 36.4 Å². The summed E-state index contributed by atoms with van der Waals surface area (Å²) in [6, 6.07) is 12.4. The van der Waals surface area contributed by atoms with Crippen LogP contribution in [-0.2, 0) is 0 Å². The van der Waals surface area contributed by atoms with Gasteiger partial charge in [0.1, 0.15) is 5.82 Å². The largest absolute Gasteiger partial charge is 0.368 e. The molecule has 28 heavy (non-hydrogen) atoms. The lowest BCUT2D eigenvalue weighted by Crippen LogP contribution is -2.45. The van der Waals surface area contributed by atoms with Gasteiger partial charge >= 0.3 is 0 Å². The number of nitrogens with zero attached hydrogens (tertiary/aromatic N) is 4. The van der Waals surface area contributed by atoms with E-state index in [9.17, 15) is 4.79 Å². The number of amides is 1. The van der Waals surface area contributed by atoms with Crippen molar-refractivity contribution in [3.63, 3.8) is 0 Å². The molecule has 8 heteroatoms. The number of anilines is 3. The fraction of sp³-hybridized carbons (Fsp3) is 0.250. The van der Waals surface area contributed by atoms with E-state index in [1.807, 2.05) is 6.07 Å². The lowest BCUT2D eigenvalue weighted by Gasteiger charge is -2.33. The number of benzene rings is 2. The van der Waals surface area contributed by atoms with Crippen molar-refractivity contribution >= 4 is 45.9 Å². The van der Waals surface area contributed by atoms with Crippen LogP contribution in [0.1, 0.15) is 10.4 Å². The SMILES string of the molecule is CN1CCN(c2nc(N)nc3cc(C(=O)Nc4cccc(Cl)c4)ccc23)CC1. The highest BCUT2D eigenvalue weighted by Crippen LogP contribution is 2.27. The third-order valence-electron chi connectivity index (χ3n) is 4.84. The molecular weight excluding hydrogens is 376 g/mol. The number of nitrogens with two attached hydrogens (primary N) is 1. The summed E-state index contributed by atoms with van der Waals surface area (Å²) in [4.78, 5) is 25.9. The number of piperazine rings is 1. The third kappa shape index (κ3) is 3.85. The number of hydrogen-bond donors (Lipinski definition) is 2. The van der Waals surface area contributed by atoms with Crippen LogP contribution in [0, 0.1) is 0 Å². The van der Waals surface area contributed by atoms with Crippen LogP contribution in [0.2, 0.25) is 5.02 Å². The Morgan fingerprint density at radius 3 is 2.64 bits per heavy atom. The van der Waals surface area contributed by atoms with Crippen LogP contribution in [-0.4, -0.2) is 54.0 Å². The third-order valence-corrected chi connectivity index (χ3v) is 5.08. The first-order chi connectivity index (χ1) is 13.5. The Labute approximate surface area is 168 Å². The number of nitrogen functional groups attached to an aromatic ring is 1. The number of aromatic nitrogens is 2. The molecule has 3 N–H and O–H groups in total. The van der Waals surface area contributed by atoms with Crippen molar-refractivity contribution in [2.24, 2.45) is 0 Å². The van der Waals surface area contributed by atoms with Gasteiger partial charge in [0.2, 0.25) is 5.95 Å². The van der Waals surface area contributed by atoms with Gasteiger partial charge in [-0.15, -0.1) is 0 Å². The van der Waals surface area contributed by atoms with Crippen LogP contribution >= 0.6 is 11.6 Å². The molecule has 0 unspecified atom stereocenters. The molecule has 2 aromatic carbocycles. The molecule has 1 amide bonds. The van der Waals surface area contributed by atoms with Gasteiger partial charge in [0, 0.05) is 47.8 Å². The molecule has 0 radical (unpaired) electrons. The number of rotatable bonds is 3. The summed E-state index contributed by atoms with van der Waals surface area (Å²) < 4.78 is 0. The van der Waals surface area contributed by atoms with Gasteiger partial charge < -0.3 is 20.9 Å². The van der Waals surface area contributed by atoms with Gasteiger partial charge in [-0.2, -0.15) is 4.98 Å². The first-order valence-corrected chi connectivity index (χ1v) is 9.45. The lowest BCUT2D eigenvalue weighted by atomic mass is 10.1. The van der Waals surface area contributed by atoms with E-state index in [1.165, 1.54) is 0 Å². The number of hydrogen-bond acceptors (Lipinski definition) is 6. The number of carbonyl (C=O) groups is 1. The average molecular weight is 397 g/mol. The van der Waals surface area contributed by atoms with Gasteiger partial charge in [-0.3, -0.25) is 4.79 Å². The molecule has 1 aliphatic heterocycles. The maximum atomic E-state index is 12.6. The molecule has 4 rings (SSSR count). The van der Waals surface area contributed by atoms with Gasteiger partial charge in [-0.1, -0.05) is 17.7 Å². The predicted molar refractivity (Wildman–Crippen MR) is 113 cm³/mol. The molecular formula is C20H21ClN6O. The van der Waals surface area contributed by atoms with Crippen molar-refractivity contribution in [2.45, 2.75) is 0 Å². The Hall–Kier alpha value is -2.90. The predicted octanol–water partition coefficient (Wildman–Crippen LogP) is 2.87. The van der Waals surface area contributed by atoms with Crippen molar-refractivity contribution in [3.05, 3.63) is 53.1 Å². The molecule has 0 saturated carbocycles. The second kappa shape index (κ2) is 7.61. The molecule has 0 spiro atoms. The van der Waals surface area contributed by atoms with Crippen molar-refractivity contribution in [3.8, 4) is 0 Å². The normalized spacial score (nSPS) is 15.0. The summed E-state index contributed by atoms with van der Waals surface area (Å²) in [6.07, 6.45) is 0. The zero-order valence-corrected chi connectivity index (χ0v) is 16.3. The molecule has 0 atom stereocenters. The highest BCUT2D eigenvalue weighted by atomic mass is 35.5. The summed E-state index contributed by atoms with van der Waals surface area (Å²) in [5, 5.41) is 4.30. The number of carbonyl (C=O) groups excluding carboxylic acids is 1. The molecule has 1 saturated heterocycles. The molecule has 1 aromatic heterocycles. The molecule has 3 aromatic rings. The first-order valence-electron chi connectivity index (χ1n) is 9.07. The standard InChI is InChI=1S/C20H21ClN6O/c1-26-7-9-27(10-8-26)18-16-6-5-13(11-17(16)24-20(22)25-18)19(28)23-15-4-2-3-14(21)12-15/h2-6,11-12H,7-10H2,1H3,(H,23,28)(H2,22,24,25). The fourth-order valence-electron chi connectivity index (χ4n) is 3.30. The maximum Gasteiger partial charge on any atom is 0.255 e. The molecule has 144 valence electrons. The summed E-state index contributed by atoms with van der Waals surface area (Å²) in [5.74, 6) is 0.786. The summed E-state index contributed by atoms with van der Waals surface area (Å²) in [7, 11) is 2.11. The summed E-state index contributed by atoms with van der Waals surface area (Å²) >= 11 is 5.98. The Balaban J connectivity index is 1.64. The summed E-state index contributed by atoms with van der Waals surface area (Å²) in [5.41, 5.74) is 7.74. The maximum absolute atomic E-state index is 12.6. The minimum absolute atomic E-state index is 0.203. The zero-order chi connectivity index (χ0) is 19.7. The van der Waals surface area contributed by atoms with E-state index in [4.69, 9.17) is 17.3 Å². The van der Waals surface area contributed by atoms with Crippen LogP contribution < -0.4 is 16.0 Å². The van der Waals surface area contributed by atoms with E-state index in [-0.39, 0.29) is 11.9 Å². The van der Waals surface area contributed by atoms with E-state index in [0.717, 1.165) is 37.4 Å². The monoisotopic (exact) mass is 396 g/mol. The first kappa shape index (κ1) is 18.5. The van der Waals surface area contributed by atoms with Crippen molar-refractivity contribution in [2.75, 3.05) is 49.2 Å². The van der Waals surface area contributed by atoms with Gasteiger partial charge in [-0.05, 0) is 43.4 Å². The van der Waals surface area contributed by atoms with Gasteiger partial charge in [0.05, 0.1) is 5.52 Å². The second-order valence-electron chi connectivity index (χ2n) is 6.89. The van der Waals surface area contributed by atoms with Gasteiger partial charge in [0.25, 0.3) is 5.91 Å². The molecule has 0 bridgehead atoms. The minimum Gasteiger partial charge on any atom is -0.368 e. The lowest BCUT2D eigenvalue weighted by molar-refractivity contribution is 0.102. The van der Waals surface area contributed by atoms with Crippen molar-refractivity contribution < 1.29 is 4.79 Å². The smallest absolute Gasteiger partial charge is 0.255 e. The molecule has 1 fully saturated rings. The van der Waals surface area contributed by atoms with Gasteiger partial charge in [-0.25, -0.2) is 4.98 Å².